The molecule has 0 bridgehead atoms. The summed E-state index contributed by atoms with van der Waals surface area (Å²) < 4.78 is 13.0. The molecule has 2 saturated heterocycles. The van der Waals surface area contributed by atoms with E-state index in [9.17, 15) is 19.8 Å². The number of likely N-dealkylation sites (tertiary alicyclic amines) is 1. The summed E-state index contributed by atoms with van der Waals surface area (Å²) in [5, 5.41) is 30.9. The SMILES string of the molecule is O=C(O)CCC(=O)NCc1cccc(-c2ccc([C@@H]3O[C@H](CN4CCC[C@H]4CO)C[C@H](c4ccc(CO)cc4)O3)cc2)c1. The van der Waals surface area contributed by atoms with Gasteiger partial charge in [-0.2, -0.15) is 0 Å². The fraction of sp³-hybridized carbons (Fsp3) is 0.412. The van der Waals surface area contributed by atoms with E-state index >= 15 is 0 Å². The summed E-state index contributed by atoms with van der Waals surface area (Å²) in [6, 6.07) is 24.0. The highest BCUT2D eigenvalue weighted by atomic mass is 16.7. The summed E-state index contributed by atoms with van der Waals surface area (Å²) >= 11 is 0. The Morgan fingerprint density at radius 1 is 0.884 bits per heavy atom. The van der Waals surface area contributed by atoms with E-state index in [0.717, 1.165) is 59.3 Å². The number of aliphatic hydroxyl groups excluding tert-OH is 2. The van der Waals surface area contributed by atoms with Crippen molar-refractivity contribution in [3.63, 3.8) is 0 Å². The zero-order chi connectivity index (χ0) is 30.2. The smallest absolute Gasteiger partial charge is 0.303 e. The van der Waals surface area contributed by atoms with Crippen LogP contribution in [0.2, 0.25) is 0 Å². The molecule has 3 aromatic carbocycles. The largest absolute Gasteiger partial charge is 0.481 e. The van der Waals surface area contributed by atoms with E-state index < -0.39 is 12.3 Å². The van der Waals surface area contributed by atoms with Gasteiger partial charge >= 0.3 is 5.97 Å². The molecule has 43 heavy (non-hydrogen) atoms. The van der Waals surface area contributed by atoms with Crippen LogP contribution in [0.3, 0.4) is 0 Å². The van der Waals surface area contributed by atoms with Crippen LogP contribution < -0.4 is 5.32 Å². The molecule has 228 valence electrons. The molecular weight excluding hydrogens is 548 g/mol. The van der Waals surface area contributed by atoms with Crippen molar-refractivity contribution >= 4 is 11.9 Å². The van der Waals surface area contributed by atoms with Crippen molar-refractivity contribution in [2.75, 3.05) is 19.7 Å². The fourth-order valence-electron chi connectivity index (χ4n) is 5.84. The Bertz CT molecular complexity index is 1360. The first kappa shape index (κ1) is 30.8. The van der Waals surface area contributed by atoms with Gasteiger partial charge in [-0.3, -0.25) is 14.5 Å². The van der Waals surface area contributed by atoms with Gasteiger partial charge in [0.05, 0.1) is 31.8 Å². The number of carbonyl (C=O) groups is 2. The molecule has 2 heterocycles. The number of nitrogens with one attached hydrogen (secondary N) is 1. The number of hydrogen-bond donors (Lipinski definition) is 4. The van der Waals surface area contributed by atoms with Crippen molar-refractivity contribution in [1.82, 2.24) is 10.2 Å². The molecule has 5 rings (SSSR count). The maximum absolute atomic E-state index is 11.9. The number of hydrogen-bond acceptors (Lipinski definition) is 7. The number of ether oxygens (including phenoxy) is 2. The molecule has 4 N–H and O–H groups in total. The van der Waals surface area contributed by atoms with Crippen molar-refractivity contribution in [1.29, 1.82) is 0 Å². The van der Waals surface area contributed by atoms with E-state index in [0.29, 0.717) is 13.0 Å². The topological polar surface area (TPSA) is 129 Å². The first-order valence-corrected chi connectivity index (χ1v) is 14.9. The average molecular weight is 589 g/mol. The Morgan fingerprint density at radius 2 is 1.65 bits per heavy atom. The Hall–Kier alpha value is -3.60. The second-order valence-electron chi connectivity index (χ2n) is 11.3. The first-order chi connectivity index (χ1) is 20.9. The van der Waals surface area contributed by atoms with E-state index in [1.165, 1.54) is 0 Å². The highest BCUT2D eigenvalue weighted by Crippen LogP contribution is 2.39. The third kappa shape index (κ3) is 8.28. The van der Waals surface area contributed by atoms with Gasteiger partial charge in [0.15, 0.2) is 6.29 Å². The number of aliphatic hydroxyl groups is 2. The lowest BCUT2D eigenvalue weighted by Crippen LogP contribution is -2.42. The van der Waals surface area contributed by atoms with E-state index in [-0.39, 0.29) is 50.2 Å². The minimum absolute atomic E-state index is 0.00560. The Morgan fingerprint density at radius 3 is 2.37 bits per heavy atom. The number of rotatable bonds is 12. The van der Waals surface area contributed by atoms with Gasteiger partial charge in [0.1, 0.15) is 0 Å². The van der Waals surface area contributed by atoms with Crippen LogP contribution >= 0.6 is 0 Å². The second-order valence-corrected chi connectivity index (χ2v) is 11.3. The van der Waals surface area contributed by atoms with Crippen LogP contribution in [-0.2, 0) is 32.2 Å². The van der Waals surface area contributed by atoms with Gasteiger partial charge < -0.3 is 30.1 Å². The maximum Gasteiger partial charge on any atom is 0.303 e. The Balaban J connectivity index is 1.29. The van der Waals surface area contributed by atoms with Gasteiger partial charge in [-0.15, -0.1) is 0 Å². The molecule has 2 aliphatic heterocycles. The number of amides is 1. The third-order valence-electron chi connectivity index (χ3n) is 8.26. The lowest BCUT2D eigenvalue weighted by atomic mass is 9.98. The molecule has 0 saturated carbocycles. The summed E-state index contributed by atoms with van der Waals surface area (Å²) in [4.78, 5) is 25.0. The van der Waals surface area contributed by atoms with Crippen molar-refractivity contribution < 1.29 is 34.4 Å². The van der Waals surface area contributed by atoms with Gasteiger partial charge in [0.25, 0.3) is 0 Å². The molecule has 2 fully saturated rings. The predicted molar refractivity (Wildman–Crippen MR) is 161 cm³/mol. The number of carboxylic acids is 1. The normalized spacial score (nSPS) is 22.4. The molecule has 3 aromatic rings. The number of carboxylic acid groups (broad SMARTS) is 1. The zero-order valence-electron chi connectivity index (χ0n) is 24.2. The number of carbonyl (C=O) groups excluding carboxylic acids is 1. The summed E-state index contributed by atoms with van der Waals surface area (Å²) in [5.41, 5.74) is 5.73. The summed E-state index contributed by atoms with van der Waals surface area (Å²) in [6.45, 7) is 2.15. The van der Waals surface area contributed by atoms with Crippen LogP contribution in [0.25, 0.3) is 11.1 Å². The first-order valence-electron chi connectivity index (χ1n) is 14.9. The predicted octanol–water partition coefficient (Wildman–Crippen LogP) is 4.33. The van der Waals surface area contributed by atoms with Crippen molar-refractivity contribution in [3.8, 4) is 11.1 Å². The van der Waals surface area contributed by atoms with Gasteiger partial charge in [0.2, 0.25) is 5.91 Å². The molecule has 0 aromatic heterocycles. The summed E-state index contributed by atoms with van der Waals surface area (Å²) in [7, 11) is 0. The molecule has 0 radical (unpaired) electrons. The van der Waals surface area contributed by atoms with Crippen LogP contribution in [0.4, 0.5) is 0 Å². The van der Waals surface area contributed by atoms with E-state index in [1.807, 2.05) is 72.8 Å². The molecular formula is C34H40N2O7. The quantitative estimate of drug-likeness (QED) is 0.246. The molecule has 0 aliphatic carbocycles. The van der Waals surface area contributed by atoms with E-state index in [2.05, 4.69) is 10.2 Å². The fourth-order valence-corrected chi connectivity index (χ4v) is 5.84. The zero-order valence-corrected chi connectivity index (χ0v) is 24.2. The molecule has 4 atom stereocenters. The number of benzene rings is 3. The van der Waals surface area contributed by atoms with Gasteiger partial charge in [-0.25, -0.2) is 0 Å². The molecule has 9 heteroatoms. The van der Waals surface area contributed by atoms with Crippen molar-refractivity contribution in [3.05, 3.63) is 95.1 Å². The highest BCUT2D eigenvalue weighted by molar-refractivity contribution is 5.80. The van der Waals surface area contributed by atoms with E-state index in [1.54, 1.807) is 0 Å². The summed E-state index contributed by atoms with van der Waals surface area (Å²) in [5.74, 6) is -1.28. The standard InChI is InChI=1S/C34H40N2O7/c37-21-23-6-8-26(9-7-23)31-18-30(20-36-16-2-5-29(36)22-38)42-34(43-31)27-12-10-25(11-13-27)28-4-1-3-24(17-28)19-35-32(39)14-15-33(40)41/h1,3-4,6-13,17,29-31,34,37-38H,2,5,14-16,18-22H2,(H,35,39)(H,40,41)/t29-,30-,31+,34+/m0/s1. The van der Waals surface area contributed by atoms with Gasteiger partial charge in [0, 0.05) is 37.5 Å². The molecule has 1 amide bonds. The lowest BCUT2D eigenvalue weighted by molar-refractivity contribution is -0.253. The van der Waals surface area contributed by atoms with Crippen LogP contribution in [0.1, 0.15) is 66.8 Å². The molecule has 2 aliphatic rings. The summed E-state index contributed by atoms with van der Waals surface area (Å²) in [6.07, 6.45) is 1.73. The minimum Gasteiger partial charge on any atom is -0.481 e. The van der Waals surface area contributed by atoms with Crippen LogP contribution in [0.5, 0.6) is 0 Å². The minimum atomic E-state index is -0.991. The van der Waals surface area contributed by atoms with Crippen molar-refractivity contribution in [2.24, 2.45) is 0 Å². The number of aliphatic carboxylic acids is 1. The molecule has 0 unspecified atom stereocenters. The molecule has 0 spiro atoms. The van der Waals surface area contributed by atoms with Crippen molar-refractivity contribution in [2.45, 2.75) is 69.8 Å². The third-order valence-corrected chi connectivity index (χ3v) is 8.26. The average Bonchev–Trinajstić information content (AvgIpc) is 3.49. The number of nitrogens with zero attached hydrogens (tertiary/aromatic N) is 1. The van der Waals surface area contributed by atoms with Gasteiger partial charge in [-0.05, 0) is 53.3 Å². The van der Waals surface area contributed by atoms with Crippen LogP contribution in [-0.4, -0.2) is 63.9 Å². The Labute approximate surface area is 252 Å². The van der Waals surface area contributed by atoms with E-state index in [4.69, 9.17) is 14.6 Å². The Kier molecular flexibility index (Phi) is 10.6. The van der Waals surface area contributed by atoms with Gasteiger partial charge in [-0.1, -0.05) is 66.7 Å². The van der Waals surface area contributed by atoms with Crippen LogP contribution in [0, 0.1) is 0 Å². The second kappa shape index (κ2) is 14.7. The highest BCUT2D eigenvalue weighted by Gasteiger charge is 2.35. The maximum atomic E-state index is 11.9. The molecule has 9 nitrogen and oxygen atoms in total. The lowest BCUT2D eigenvalue weighted by Gasteiger charge is -2.38. The van der Waals surface area contributed by atoms with Crippen LogP contribution in [0.15, 0.2) is 72.8 Å². The monoisotopic (exact) mass is 588 g/mol.